The summed E-state index contributed by atoms with van der Waals surface area (Å²) >= 11 is 0. The van der Waals surface area contributed by atoms with Crippen molar-refractivity contribution in [2.45, 2.75) is 45.3 Å². The molecule has 2 rings (SSSR count). The second-order valence-corrected chi connectivity index (χ2v) is 5.21. The third-order valence-electron chi connectivity index (χ3n) is 3.65. The Bertz CT molecular complexity index is 444. The molecule has 0 bridgehead atoms. The minimum atomic E-state index is -0.385. The first-order valence-corrected chi connectivity index (χ1v) is 7.36. The summed E-state index contributed by atoms with van der Waals surface area (Å²) < 4.78 is 6.01. The van der Waals surface area contributed by atoms with Gasteiger partial charge >= 0.3 is 0 Å². The van der Waals surface area contributed by atoms with Gasteiger partial charge in [-0.3, -0.25) is 15.0 Å². The lowest BCUT2D eigenvalue weighted by molar-refractivity contribution is -0.385. The summed E-state index contributed by atoms with van der Waals surface area (Å²) in [7, 11) is 0. The highest BCUT2D eigenvalue weighted by molar-refractivity contribution is 5.38. The Labute approximate surface area is 119 Å². The summed E-state index contributed by atoms with van der Waals surface area (Å²) in [4.78, 5) is 12.8. The number of benzene rings is 1. The number of non-ortho nitro benzene ring substituents is 1. The number of hydrogen-bond donors (Lipinski definition) is 0. The molecule has 0 radical (unpaired) electrons. The zero-order valence-corrected chi connectivity index (χ0v) is 12.0. The SMILES string of the molecule is CCCCC(Oc1cccc([N+](=O)[O-])c1)N1CCCC1. The van der Waals surface area contributed by atoms with Crippen LogP contribution in [0.3, 0.4) is 0 Å². The molecule has 1 aliphatic rings. The Kier molecular flexibility index (Phi) is 5.35. The van der Waals surface area contributed by atoms with Crippen LogP contribution in [0.15, 0.2) is 24.3 Å². The van der Waals surface area contributed by atoms with E-state index in [4.69, 9.17) is 4.74 Å². The summed E-state index contributed by atoms with van der Waals surface area (Å²) in [5.41, 5.74) is 0.0816. The lowest BCUT2D eigenvalue weighted by Gasteiger charge is -2.28. The van der Waals surface area contributed by atoms with Gasteiger partial charge in [-0.15, -0.1) is 0 Å². The largest absolute Gasteiger partial charge is 0.475 e. The Hall–Kier alpha value is -1.62. The van der Waals surface area contributed by atoms with E-state index in [1.807, 2.05) is 0 Å². The van der Waals surface area contributed by atoms with Gasteiger partial charge in [0.25, 0.3) is 5.69 Å². The van der Waals surface area contributed by atoms with Gasteiger partial charge in [0.15, 0.2) is 6.23 Å². The van der Waals surface area contributed by atoms with Crippen molar-refractivity contribution < 1.29 is 9.66 Å². The number of rotatable bonds is 7. The minimum Gasteiger partial charge on any atom is -0.475 e. The number of unbranched alkanes of at least 4 members (excludes halogenated alkanes) is 1. The highest BCUT2D eigenvalue weighted by Gasteiger charge is 2.23. The number of nitro groups is 1. The van der Waals surface area contributed by atoms with Crippen LogP contribution in [0.25, 0.3) is 0 Å². The molecule has 0 saturated carbocycles. The first kappa shape index (κ1) is 14.8. The van der Waals surface area contributed by atoms with Gasteiger partial charge in [0.2, 0.25) is 0 Å². The molecule has 1 aromatic rings. The summed E-state index contributed by atoms with van der Waals surface area (Å²) in [5.74, 6) is 0.590. The molecule has 0 spiro atoms. The quantitative estimate of drug-likeness (QED) is 0.565. The van der Waals surface area contributed by atoms with Gasteiger partial charge in [-0.2, -0.15) is 0 Å². The van der Waals surface area contributed by atoms with Crippen molar-refractivity contribution in [2.24, 2.45) is 0 Å². The highest BCUT2D eigenvalue weighted by atomic mass is 16.6. The fraction of sp³-hybridized carbons (Fsp3) is 0.600. The smallest absolute Gasteiger partial charge is 0.273 e. The van der Waals surface area contributed by atoms with Crippen LogP contribution in [0.2, 0.25) is 0 Å². The fourth-order valence-corrected chi connectivity index (χ4v) is 2.55. The van der Waals surface area contributed by atoms with Gasteiger partial charge in [0, 0.05) is 19.2 Å². The number of nitro benzene ring substituents is 1. The summed E-state index contributed by atoms with van der Waals surface area (Å²) in [6, 6.07) is 6.47. The Morgan fingerprint density at radius 3 is 2.80 bits per heavy atom. The molecule has 1 atom stereocenters. The molecular weight excluding hydrogens is 256 g/mol. The van der Waals surface area contributed by atoms with Gasteiger partial charge in [-0.1, -0.05) is 19.4 Å². The van der Waals surface area contributed by atoms with Crippen LogP contribution in [0, 0.1) is 10.1 Å². The maximum atomic E-state index is 10.8. The molecule has 1 heterocycles. The van der Waals surface area contributed by atoms with Gasteiger partial charge in [-0.25, -0.2) is 0 Å². The van der Waals surface area contributed by atoms with E-state index in [-0.39, 0.29) is 16.8 Å². The third-order valence-corrected chi connectivity index (χ3v) is 3.65. The zero-order chi connectivity index (χ0) is 14.4. The zero-order valence-electron chi connectivity index (χ0n) is 12.0. The van der Waals surface area contributed by atoms with Crippen molar-refractivity contribution in [2.75, 3.05) is 13.1 Å². The lowest BCUT2D eigenvalue weighted by atomic mass is 10.2. The van der Waals surface area contributed by atoms with Gasteiger partial charge in [-0.05, 0) is 31.7 Å². The van der Waals surface area contributed by atoms with E-state index < -0.39 is 0 Å². The van der Waals surface area contributed by atoms with E-state index in [2.05, 4.69) is 11.8 Å². The van der Waals surface area contributed by atoms with E-state index in [9.17, 15) is 10.1 Å². The highest BCUT2D eigenvalue weighted by Crippen LogP contribution is 2.24. The second kappa shape index (κ2) is 7.24. The van der Waals surface area contributed by atoms with Crippen molar-refractivity contribution in [3.05, 3.63) is 34.4 Å². The standard InChI is InChI=1S/C15H22N2O3/c1-2-3-9-15(16-10-4-5-11-16)20-14-8-6-7-13(12-14)17(18)19/h6-8,12,15H,2-5,9-11H2,1H3. The van der Waals surface area contributed by atoms with Gasteiger partial charge < -0.3 is 4.74 Å². The molecule has 1 saturated heterocycles. The van der Waals surface area contributed by atoms with Gasteiger partial charge in [0.05, 0.1) is 11.0 Å². The van der Waals surface area contributed by atoms with Crippen LogP contribution in [0.4, 0.5) is 5.69 Å². The summed E-state index contributed by atoms with van der Waals surface area (Å²) in [6.45, 7) is 4.28. The summed E-state index contributed by atoms with van der Waals surface area (Å²) in [5, 5.41) is 10.8. The molecular formula is C15H22N2O3. The molecule has 110 valence electrons. The average molecular weight is 278 g/mol. The molecule has 0 amide bonds. The minimum absolute atomic E-state index is 0.0412. The van der Waals surface area contributed by atoms with E-state index in [1.54, 1.807) is 12.1 Å². The topological polar surface area (TPSA) is 55.6 Å². The van der Waals surface area contributed by atoms with E-state index in [0.717, 1.165) is 32.4 Å². The first-order valence-electron chi connectivity index (χ1n) is 7.36. The van der Waals surface area contributed by atoms with Crippen molar-refractivity contribution in [1.29, 1.82) is 0 Å². The molecule has 5 nitrogen and oxygen atoms in total. The van der Waals surface area contributed by atoms with Gasteiger partial charge in [0.1, 0.15) is 5.75 Å². The molecule has 20 heavy (non-hydrogen) atoms. The monoisotopic (exact) mass is 278 g/mol. The molecule has 1 aliphatic heterocycles. The normalized spacial score (nSPS) is 17.1. The third kappa shape index (κ3) is 3.93. The van der Waals surface area contributed by atoms with Crippen LogP contribution in [-0.4, -0.2) is 29.1 Å². The molecule has 1 aromatic carbocycles. The van der Waals surface area contributed by atoms with E-state index >= 15 is 0 Å². The maximum absolute atomic E-state index is 10.8. The lowest BCUT2D eigenvalue weighted by Crippen LogP contribution is -2.37. The van der Waals surface area contributed by atoms with Crippen LogP contribution in [-0.2, 0) is 0 Å². The average Bonchev–Trinajstić information content (AvgIpc) is 2.97. The van der Waals surface area contributed by atoms with Crippen molar-refractivity contribution in [3.63, 3.8) is 0 Å². The molecule has 0 aliphatic carbocycles. The van der Waals surface area contributed by atoms with Crippen molar-refractivity contribution >= 4 is 5.69 Å². The Morgan fingerprint density at radius 2 is 2.15 bits per heavy atom. The fourth-order valence-electron chi connectivity index (χ4n) is 2.55. The molecule has 0 aromatic heterocycles. The van der Waals surface area contributed by atoms with Crippen molar-refractivity contribution in [3.8, 4) is 5.75 Å². The van der Waals surface area contributed by atoms with E-state index in [0.29, 0.717) is 5.75 Å². The maximum Gasteiger partial charge on any atom is 0.273 e. The van der Waals surface area contributed by atoms with Crippen LogP contribution in [0.5, 0.6) is 5.75 Å². The Morgan fingerprint density at radius 1 is 1.40 bits per heavy atom. The predicted octanol–water partition coefficient (Wildman–Crippen LogP) is 3.59. The number of ether oxygens (including phenoxy) is 1. The second-order valence-electron chi connectivity index (χ2n) is 5.21. The Balaban J connectivity index is 2.05. The predicted molar refractivity (Wildman–Crippen MR) is 77.8 cm³/mol. The number of nitrogens with zero attached hydrogens (tertiary/aromatic N) is 2. The number of likely N-dealkylation sites (tertiary alicyclic amines) is 1. The van der Waals surface area contributed by atoms with E-state index in [1.165, 1.54) is 25.0 Å². The molecule has 0 N–H and O–H groups in total. The van der Waals surface area contributed by atoms with Crippen LogP contribution in [0.1, 0.15) is 39.0 Å². The summed E-state index contributed by atoms with van der Waals surface area (Å²) in [6.07, 6.45) is 5.67. The number of hydrogen-bond acceptors (Lipinski definition) is 4. The van der Waals surface area contributed by atoms with Crippen LogP contribution >= 0.6 is 0 Å². The first-order chi connectivity index (χ1) is 9.70. The molecule has 1 unspecified atom stereocenters. The van der Waals surface area contributed by atoms with Crippen LogP contribution < -0.4 is 4.74 Å². The molecule has 5 heteroatoms. The van der Waals surface area contributed by atoms with Crippen molar-refractivity contribution in [1.82, 2.24) is 4.90 Å². The molecule has 1 fully saturated rings.